The van der Waals surface area contributed by atoms with E-state index in [1.54, 1.807) is 23.1 Å². The Morgan fingerprint density at radius 2 is 1.87 bits per heavy atom. The van der Waals surface area contributed by atoms with E-state index in [4.69, 9.17) is 0 Å². The number of halogens is 3. The predicted molar refractivity (Wildman–Crippen MR) is 105 cm³/mol. The van der Waals surface area contributed by atoms with E-state index in [0.717, 1.165) is 0 Å². The van der Waals surface area contributed by atoms with Crippen LogP contribution in [0.5, 0.6) is 0 Å². The van der Waals surface area contributed by atoms with Crippen molar-refractivity contribution >= 4 is 27.5 Å². The molecule has 2 aliphatic rings. The largest absolute Gasteiger partial charge is 0.417 e. The molecule has 1 aromatic carbocycles. The maximum Gasteiger partial charge on any atom is 0.417 e. The molecule has 0 spiro atoms. The number of nitrogens with one attached hydrogen (secondary N) is 2. The Hall–Kier alpha value is -3.15. The number of amides is 1. The molecule has 2 aliphatic heterocycles. The zero-order valence-corrected chi connectivity index (χ0v) is 16.8. The minimum Gasteiger partial charge on any atom is -0.355 e. The highest BCUT2D eigenvalue weighted by atomic mass is 32.2. The molecule has 1 aromatic heterocycles. The number of pyridine rings is 1. The number of hydrogen-bond acceptors (Lipinski definition) is 5. The minimum absolute atomic E-state index is 0.133. The van der Waals surface area contributed by atoms with Crippen molar-refractivity contribution in [2.75, 3.05) is 18.4 Å². The van der Waals surface area contributed by atoms with Gasteiger partial charge >= 0.3 is 6.18 Å². The Morgan fingerprint density at radius 1 is 1.19 bits per heavy atom. The number of H-pyrrole nitrogens is 1. The Bertz CT molecular complexity index is 1230. The molecule has 2 N–H and O–H groups in total. The fourth-order valence-electron chi connectivity index (χ4n) is 3.65. The third-order valence-electron chi connectivity index (χ3n) is 5.27. The van der Waals surface area contributed by atoms with Crippen LogP contribution in [0.15, 0.2) is 50.6 Å². The molecule has 1 fully saturated rings. The van der Waals surface area contributed by atoms with E-state index in [0.29, 0.717) is 49.6 Å². The number of sulfonamides is 1. The second kappa shape index (κ2) is 7.52. The quantitative estimate of drug-likeness (QED) is 0.723. The molecule has 0 saturated carbocycles. The van der Waals surface area contributed by atoms with Crippen molar-refractivity contribution in [1.82, 2.24) is 9.88 Å². The first-order valence-corrected chi connectivity index (χ1v) is 10.8. The molecule has 4 rings (SSSR count). The van der Waals surface area contributed by atoms with Crippen LogP contribution in [-0.4, -0.2) is 43.1 Å². The molecular weight excluding hydrogens is 437 g/mol. The summed E-state index contributed by atoms with van der Waals surface area (Å²) in [6.45, 7) is 0.666. The summed E-state index contributed by atoms with van der Waals surface area (Å²) in [6, 6.07) is 7.06. The monoisotopic (exact) mass is 454 g/mol. The lowest BCUT2D eigenvalue weighted by Gasteiger charge is -2.32. The fourth-order valence-corrected chi connectivity index (χ4v) is 4.87. The smallest absolute Gasteiger partial charge is 0.355 e. The summed E-state index contributed by atoms with van der Waals surface area (Å²) in [4.78, 5) is 28.2. The topological polar surface area (TPSA) is 112 Å². The number of nitrogens with zero attached hydrogens (tertiary/aromatic N) is 2. The number of amidine groups is 1. The maximum atomic E-state index is 12.8. The number of aromatic amines is 1. The van der Waals surface area contributed by atoms with Gasteiger partial charge in [0.25, 0.3) is 15.6 Å². The van der Waals surface area contributed by atoms with E-state index in [-0.39, 0.29) is 4.90 Å². The number of fused-ring (bicyclic) bond motifs is 1. The summed E-state index contributed by atoms with van der Waals surface area (Å²) in [5.74, 6) is -0.784. The van der Waals surface area contributed by atoms with Crippen LogP contribution in [0.3, 0.4) is 0 Å². The van der Waals surface area contributed by atoms with E-state index in [9.17, 15) is 31.2 Å². The molecule has 1 saturated heterocycles. The van der Waals surface area contributed by atoms with Gasteiger partial charge in [-0.15, -0.1) is 4.40 Å². The molecule has 0 bridgehead atoms. The molecule has 0 aliphatic carbocycles. The van der Waals surface area contributed by atoms with Gasteiger partial charge in [-0.2, -0.15) is 21.6 Å². The highest BCUT2D eigenvalue weighted by molar-refractivity contribution is 7.90. The average molecular weight is 454 g/mol. The third kappa shape index (κ3) is 4.07. The SMILES string of the molecule is O=C(Nc1cc(C(F)(F)F)c[nH]c1=O)C1CCN(C2=NS(=O)(=O)c3ccccc32)CC1. The van der Waals surface area contributed by atoms with Gasteiger partial charge in [-0.1, -0.05) is 12.1 Å². The molecule has 8 nitrogen and oxygen atoms in total. The van der Waals surface area contributed by atoms with Crippen LogP contribution in [0, 0.1) is 5.92 Å². The molecule has 0 unspecified atom stereocenters. The van der Waals surface area contributed by atoms with Crippen molar-refractivity contribution in [3.63, 3.8) is 0 Å². The van der Waals surface area contributed by atoms with Gasteiger partial charge in [-0.05, 0) is 31.0 Å². The summed E-state index contributed by atoms with van der Waals surface area (Å²) in [5.41, 5.74) is -1.87. The first-order valence-electron chi connectivity index (χ1n) is 9.36. The molecule has 12 heteroatoms. The maximum absolute atomic E-state index is 12.8. The number of carbonyl (C=O) groups is 1. The summed E-state index contributed by atoms with van der Waals surface area (Å²) >= 11 is 0. The molecular formula is C19H17F3N4O4S. The Labute approximate surface area is 174 Å². The zero-order valence-electron chi connectivity index (χ0n) is 15.9. The van der Waals surface area contributed by atoms with Gasteiger partial charge in [-0.3, -0.25) is 9.59 Å². The van der Waals surface area contributed by atoms with Gasteiger partial charge in [-0.25, -0.2) is 0 Å². The van der Waals surface area contributed by atoms with Crippen LogP contribution in [0.2, 0.25) is 0 Å². The molecule has 1 amide bonds. The Kier molecular flexibility index (Phi) is 5.12. The molecule has 164 valence electrons. The highest BCUT2D eigenvalue weighted by Crippen LogP contribution is 2.31. The van der Waals surface area contributed by atoms with Crippen LogP contribution >= 0.6 is 0 Å². The van der Waals surface area contributed by atoms with Gasteiger partial charge in [0.2, 0.25) is 5.91 Å². The number of carbonyl (C=O) groups excluding carboxylic acids is 1. The van der Waals surface area contributed by atoms with Gasteiger partial charge in [0.15, 0.2) is 5.84 Å². The lowest BCUT2D eigenvalue weighted by atomic mass is 9.95. The molecule has 2 aromatic rings. The van der Waals surface area contributed by atoms with Gasteiger partial charge < -0.3 is 15.2 Å². The number of piperidine rings is 1. The number of alkyl halides is 3. The van der Waals surface area contributed by atoms with E-state index >= 15 is 0 Å². The number of anilines is 1. The highest BCUT2D eigenvalue weighted by Gasteiger charge is 2.35. The summed E-state index contributed by atoms with van der Waals surface area (Å²) in [7, 11) is -3.76. The Morgan fingerprint density at radius 3 is 2.55 bits per heavy atom. The van der Waals surface area contributed by atoms with Gasteiger partial charge in [0, 0.05) is 30.8 Å². The van der Waals surface area contributed by atoms with Crippen molar-refractivity contribution < 1.29 is 26.4 Å². The van der Waals surface area contributed by atoms with E-state index in [2.05, 4.69) is 9.71 Å². The number of rotatable bonds is 2. The summed E-state index contributed by atoms with van der Waals surface area (Å²) < 4.78 is 66.8. The molecule has 31 heavy (non-hydrogen) atoms. The molecule has 0 radical (unpaired) electrons. The van der Waals surface area contributed by atoms with E-state index in [1.165, 1.54) is 6.07 Å². The molecule has 3 heterocycles. The average Bonchev–Trinajstić information content (AvgIpc) is 3.00. The second-order valence-electron chi connectivity index (χ2n) is 7.27. The standard InChI is InChI=1S/C19H17F3N4O4S/c20-19(21,22)12-9-14(18(28)23-10-12)24-17(27)11-5-7-26(8-6-11)16-13-3-1-2-4-15(13)31(29,30)25-16/h1-4,9-11H,5-8H2,(H,23,28)(H,24,27). The molecule has 0 atom stereocenters. The fraction of sp³-hybridized carbons (Fsp3) is 0.316. The number of hydrogen-bond donors (Lipinski definition) is 2. The minimum atomic E-state index is -4.66. The normalized spacial score (nSPS) is 18.4. The van der Waals surface area contributed by atoms with Crippen LogP contribution in [0.25, 0.3) is 0 Å². The second-order valence-corrected chi connectivity index (χ2v) is 8.84. The van der Waals surface area contributed by atoms with E-state index in [1.807, 2.05) is 4.98 Å². The van der Waals surface area contributed by atoms with E-state index < -0.39 is 44.8 Å². The first kappa shape index (κ1) is 21.1. The zero-order chi connectivity index (χ0) is 22.4. The van der Waals surface area contributed by atoms with Gasteiger partial charge in [0.05, 0.1) is 5.56 Å². The van der Waals surface area contributed by atoms with Crippen LogP contribution in [0.4, 0.5) is 18.9 Å². The predicted octanol–water partition coefficient (Wildman–Crippen LogP) is 2.19. The van der Waals surface area contributed by atoms with Crippen molar-refractivity contribution in [2.45, 2.75) is 23.9 Å². The third-order valence-corrected chi connectivity index (χ3v) is 6.59. The summed E-state index contributed by atoms with van der Waals surface area (Å²) in [5, 5.41) is 2.28. The number of aromatic nitrogens is 1. The number of benzene rings is 1. The lowest BCUT2D eigenvalue weighted by molar-refractivity contribution is -0.137. The van der Waals surface area contributed by atoms with Crippen molar-refractivity contribution in [2.24, 2.45) is 10.3 Å². The van der Waals surface area contributed by atoms with Crippen molar-refractivity contribution in [3.05, 3.63) is 58.0 Å². The van der Waals surface area contributed by atoms with Crippen LogP contribution in [-0.2, 0) is 21.0 Å². The Balaban J connectivity index is 1.45. The van der Waals surface area contributed by atoms with Crippen LogP contribution in [0.1, 0.15) is 24.0 Å². The first-order chi connectivity index (χ1) is 14.6. The summed E-state index contributed by atoms with van der Waals surface area (Å²) in [6.07, 6.45) is -3.47. The van der Waals surface area contributed by atoms with Crippen molar-refractivity contribution in [3.8, 4) is 0 Å². The van der Waals surface area contributed by atoms with Crippen molar-refractivity contribution in [1.29, 1.82) is 0 Å². The number of likely N-dealkylation sites (tertiary alicyclic amines) is 1. The van der Waals surface area contributed by atoms with Crippen LogP contribution < -0.4 is 10.9 Å². The lowest BCUT2D eigenvalue weighted by Crippen LogP contribution is -2.41. The van der Waals surface area contributed by atoms with Gasteiger partial charge in [0.1, 0.15) is 10.6 Å².